The first kappa shape index (κ1) is 26.0. The Labute approximate surface area is 213 Å². The zero-order valence-corrected chi connectivity index (χ0v) is 20.6. The van der Waals surface area contributed by atoms with Gasteiger partial charge in [-0.3, -0.25) is 4.78 Å². The molecule has 192 valence electrons. The van der Waals surface area contributed by atoms with Crippen LogP contribution in [0, 0.1) is 4.78 Å². The third-order valence-corrected chi connectivity index (χ3v) is 6.06. The largest absolute Gasteiger partial charge is 0.494 e. The number of alkyl halides is 3. The third-order valence-electron chi connectivity index (χ3n) is 5.32. The van der Waals surface area contributed by atoms with Crippen LogP contribution >= 0.6 is 0 Å². The fourth-order valence-corrected chi connectivity index (χ4v) is 4.05. The Balaban J connectivity index is 1.65. The van der Waals surface area contributed by atoms with E-state index in [1.165, 1.54) is 6.07 Å². The zero-order valence-electron chi connectivity index (χ0n) is 19.7. The highest BCUT2D eigenvalue weighted by Gasteiger charge is 2.30. The van der Waals surface area contributed by atoms with E-state index in [-0.39, 0.29) is 12.5 Å². The summed E-state index contributed by atoms with van der Waals surface area (Å²) in [6.07, 6.45) is -2.83. The van der Waals surface area contributed by atoms with Gasteiger partial charge in [-0.05, 0) is 60.5 Å². The molecule has 37 heavy (non-hydrogen) atoms. The van der Waals surface area contributed by atoms with Crippen LogP contribution < -0.4 is 15.4 Å². The van der Waals surface area contributed by atoms with Gasteiger partial charge in [-0.15, -0.1) is 0 Å². The first-order chi connectivity index (χ1) is 17.7. The second-order valence-corrected chi connectivity index (χ2v) is 9.04. The average Bonchev–Trinajstić information content (AvgIpc) is 2.88. The molecule has 0 saturated heterocycles. The minimum atomic E-state index is -4.44. The molecule has 1 atom stereocenters. The highest BCUT2D eigenvalue weighted by molar-refractivity contribution is 7.73. The quantitative estimate of drug-likeness (QED) is 0.185. The van der Waals surface area contributed by atoms with E-state index in [2.05, 4.69) is 20.6 Å². The molecule has 0 aliphatic rings. The van der Waals surface area contributed by atoms with E-state index in [0.717, 1.165) is 17.7 Å². The van der Waals surface area contributed by atoms with Gasteiger partial charge in [0.25, 0.3) is 0 Å². The number of ether oxygens (including phenoxy) is 1. The van der Waals surface area contributed by atoms with E-state index in [1.54, 1.807) is 36.5 Å². The molecule has 0 bridgehead atoms. The van der Waals surface area contributed by atoms with Gasteiger partial charge >= 0.3 is 6.18 Å². The van der Waals surface area contributed by atoms with Gasteiger partial charge in [0.1, 0.15) is 11.6 Å². The maximum atomic E-state index is 13.2. The molecule has 3 aromatic carbocycles. The summed E-state index contributed by atoms with van der Waals surface area (Å²) in [5.74, 6) is 1.33. The van der Waals surface area contributed by atoms with Crippen molar-refractivity contribution in [2.24, 2.45) is 0 Å². The SMILES string of the molecule is CCOc1ccc(-c2cnc(Nc3cccc([SH](=N)=O)c3)nc2NCc2cccc(C(F)(F)F)c2)cc1. The Morgan fingerprint density at radius 1 is 1.03 bits per heavy atom. The van der Waals surface area contributed by atoms with Gasteiger partial charge in [0, 0.05) is 28.9 Å². The van der Waals surface area contributed by atoms with Crippen LogP contribution in [0.4, 0.5) is 30.6 Å². The molecular weight excluding hydrogens is 503 g/mol. The highest BCUT2D eigenvalue weighted by atomic mass is 32.2. The van der Waals surface area contributed by atoms with E-state index in [4.69, 9.17) is 9.52 Å². The number of hydrogen-bond donors (Lipinski definition) is 4. The molecule has 0 saturated carbocycles. The maximum absolute atomic E-state index is 13.2. The predicted octanol–water partition coefficient (Wildman–Crippen LogP) is 6.52. The lowest BCUT2D eigenvalue weighted by Gasteiger charge is -2.15. The van der Waals surface area contributed by atoms with Gasteiger partial charge < -0.3 is 15.4 Å². The summed E-state index contributed by atoms with van der Waals surface area (Å²) in [6, 6.07) is 19.0. The molecule has 0 aliphatic carbocycles. The molecular formula is C26H24F3N5O2S. The van der Waals surface area contributed by atoms with Gasteiger partial charge in [-0.25, -0.2) is 9.19 Å². The molecule has 7 nitrogen and oxygen atoms in total. The fraction of sp³-hybridized carbons (Fsp3) is 0.154. The second-order valence-electron chi connectivity index (χ2n) is 7.93. The molecule has 1 aromatic heterocycles. The van der Waals surface area contributed by atoms with E-state index < -0.39 is 22.3 Å². The lowest BCUT2D eigenvalue weighted by molar-refractivity contribution is -0.137. The third kappa shape index (κ3) is 6.76. The summed E-state index contributed by atoms with van der Waals surface area (Å²) < 4.78 is 63.9. The normalized spacial score (nSPS) is 12.1. The van der Waals surface area contributed by atoms with Gasteiger partial charge in [-0.2, -0.15) is 18.2 Å². The molecule has 11 heteroatoms. The number of thiol groups is 1. The van der Waals surface area contributed by atoms with Crippen LogP contribution in [0.2, 0.25) is 0 Å². The molecule has 0 fully saturated rings. The van der Waals surface area contributed by atoms with Crippen LogP contribution in [0.3, 0.4) is 0 Å². The summed E-state index contributed by atoms with van der Waals surface area (Å²) in [6.45, 7) is 2.52. The van der Waals surface area contributed by atoms with E-state index in [9.17, 15) is 17.4 Å². The zero-order chi connectivity index (χ0) is 26.4. The Hall–Kier alpha value is -4.12. The Kier molecular flexibility index (Phi) is 7.92. The molecule has 1 unspecified atom stereocenters. The second kappa shape index (κ2) is 11.3. The summed E-state index contributed by atoms with van der Waals surface area (Å²) in [5.41, 5.74) is 1.69. The van der Waals surface area contributed by atoms with E-state index >= 15 is 0 Å². The van der Waals surface area contributed by atoms with Gasteiger partial charge in [0.15, 0.2) is 0 Å². The van der Waals surface area contributed by atoms with Crippen molar-refractivity contribution in [1.29, 1.82) is 4.78 Å². The topological polar surface area (TPSA) is 100.0 Å². The van der Waals surface area contributed by atoms with E-state index in [0.29, 0.717) is 39.9 Å². The molecule has 0 spiro atoms. The number of anilines is 3. The van der Waals surface area contributed by atoms with Crippen molar-refractivity contribution >= 4 is 28.0 Å². The predicted molar refractivity (Wildman–Crippen MR) is 138 cm³/mol. The number of halogens is 3. The lowest BCUT2D eigenvalue weighted by Crippen LogP contribution is -2.09. The van der Waals surface area contributed by atoms with Crippen molar-refractivity contribution in [2.75, 3.05) is 17.2 Å². The van der Waals surface area contributed by atoms with Crippen molar-refractivity contribution in [2.45, 2.75) is 24.5 Å². The average molecular weight is 528 g/mol. The molecule has 0 amide bonds. The summed E-state index contributed by atoms with van der Waals surface area (Å²) in [4.78, 5) is 9.30. The van der Waals surface area contributed by atoms with E-state index in [1.807, 2.05) is 31.2 Å². The van der Waals surface area contributed by atoms with Gasteiger partial charge in [-0.1, -0.05) is 30.3 Å². The number of nitrogens with one attached hydrogen (secondary N) is 3. The van der Waals surface area contributed by atoms with Crippen LogP contribution in [0.1, 0.15) is 18.1 Å². The highest BCUT2D eigenvalue weighted by Crippen LogP contribution is 2.31. The smallest absolute Gasteiger partial charge is 0.416 e. The van der Waals surface area contributed by atoms with Crippen LogP contribution in [0.5, 0.6) is 5.75 Å². The number of rotatable bonds is 9. The summed E-state index contributed by atoms with van der Waals surface area (Å²) >= 11 is 0. The first-order valence-corrected chi connectivity index (χ1v) is 12.5. The van der Waals surface area contributed by atoms with Crippen molar-refractivity contribution in [3.8, 4) is 16.9 Å². The van der Waals surface area contributed by atoms with Crippen molar-refractivity contribution in [3.63, 3.8) is 0 Å². The number of nitrogens with zero attached hydrogens (tertiary/aromatic N) is 2. The number of hydrogen-bond acceptors (Lipinski definition) is 7. The number of aromatic nitrogens is 2. The standard InChI is InChI=1S/C26H24F3N5O2S/c1-2-36-21-11-9-18(10-12-21)23-16-32-25(33-20-7-4-8-22(14-20)37(30)35)34-24(23)31-15-17-5-3-6-19(13-17)26(27,28)29/h3-14,16,30,37H,2,15H2,1H3,(H2,31,32,33,34). The first-order valence-electron chi connectivity index (χ1n) is 11.3. The minimum Gasteiger partial charge on any atom is -0.494 e. The van der Waals surface area contributed by atoms with Gasteiger partial charge in [0.2, 0.25) is 5.95 Å². The monoisotopic (exact) mass is 527 g/mol. The Morgan fingerprint density at radius 2 is 1.78 bits per heavy atom. The van der Waals surface area contributed by atoms with Crippen LogP contribution in [-0.2, 0) is 23.3 Å². The molecule has 1 heterocycles. The summed E-state index contributed by atoms with van der Waals surface area (Å²) in [7, 11) is -2.26. The summed E-state index contributed by atoms with van der Waals surface area (Å²) in [5, 5.41) is 6.16. The molecule has 4 rings (SSSR count). The maximum Gasteiger partial charge on any atom is 0.416 e. The van der Waals surface area contributed by atoms with Gasteiger partial charge in [0.05, 0.1) is 22.8 Å². The van der Waals surface area contributed by atoms with Crippen LogP contribution in [0.15, 0.2) is 83.9 Å². The molecule has 3 N–H and O–H groups in total. The Bertz CT molecular complexity index is 1450. The Morgan fingerprint density at radius 3 is 2.49 bits per heavy atom. The van der Waals surface area contributed by atoms with Crippen LogP contribution in [0.25, 0.3) is 11.1 Å². The fourth-order valence-electron chi connectivity index (χ4n) is 3.57. The minimum absolute atomic E-state index is 0.0964. The number of benzene rings is 3. The van der Waals surface area contributed by atoms with Crippen molar-refractivity contribution < 1.29 is 22.1 Å². The van der Waals surface area contributed by atoms with Crippen molar-refractivity contribution in [1.82, 2.24) is 9.97 Å². The lowest BCUT2D eigenvalue weighted by atomic mass is 10.1. The molecule has 0 radical (unpaired) electrons. The molecule has 0 aliphatic heterocycles. The van der Waals surface area contributed by atoms with Crippen LogP contribution in [-0.4, -0.2) is 20.8 Å². The van der Waals surface area contributed by atoms with Crippen molar-refractivity contribution in [3.05, 3.63) is 90.1 Å². The molecule has 4 aromatic rings.